The Morgan fingerprint density at radius 3 is 2.16 bits per heavy atom. The molecule has 112 valence electrons. The molecule has 0 radical (unpaired) electrons. The second kappa shape index (κ2) is 6.94. The first kappa shape index (κ1) is 16.8. The van der Waals surface area contributed by atoms with Crippen LogP contribution < -0.4 is 11.1 Å². The van der Waals surface area contributed by atoms with Gasteiger partial charge in [-0.05, 0) is 43.9 Å². The molecule has 2 unspecified atom stereocenters. The van der Waals surface area contributed by atoms with Crippen molar-refractivity contribution in [3.63, 3.8) is 0 Å². The van der Waals surface area contributed by atoms with Crippen LogP contribution in [0.2, 0.25) is 0 Å². The molecule has 2 saturated carbocycles. The lowest BCUT2D eigenvalue weighted by Gasteiger charge is -2.35. The Morgan fingerprint density at radius 1 is 1.16 bits per heavy atom. The highest BCUT2D eigenvalue weighted by atomic mass is 35.5. The molecule has 2 aliphatic rings. The summed E-state index contributed by atoms with van der Waals surface area (Å²) in [5.74, 6) is 1.70. The topological polar surface area (TPSA) is 55.1 Å². The van der Waals surface area contributed by atoms with E-state index in [0.29, 0.717) is 12.6 Å². The van der Waals surface area contributed by atoms with Gasteiger partial charge >= 0.3 is 0 Å². The molecule has 0 spiro atoms. The molecule has 4 heteroatoms. The third kappa shape index (κ3) is 3.85. The minimum Gasteiger partial charge on any atom is -0.353 e. The van der Waals surface area contributed by atoms with E-state index >= 15 is 0 Å². The minimum atomic E-state index is -0.246. The van der Waals surface area contributed by atoms with E-state index in [1.54, 1.807) is 0 Å². The Morgan fingerprint density at radius 2 is 1.68 bits per heavy atom. The third-order valence-electron chi connectivity index (χ3n) is 4.95. The predicted octanol–water partition coefficient (Wildman–Crippen LogP) is 2.87. The van der Waals surface area contributed by atoms with Crippen LogP contribution in [0.4, 0.5) is 0 Å². The van der Waals surface area contributed by atoms with Crippen molar-refractivity contribution in [2.45, 2.75) is 64.8 Å². The summed E-state index contributed by atoms with van der Waals surface area (Å²) in [6.45, 7) is 5.10. The van der Waals surface area contributed by atoms with Crippen LogP contribution in [0.3, 0.4) is 0 Å². The van der Waals surface area contributed by atoms with E-state index in [4.69, 9.17) is 5.73 Å². The van der Waals surface area contributed by atoms with Gasteiger partial charge in [0.05, 0.1) is 5.41 Å². The second-order valence-corrected chi connectivity index (χ2v) is 6.78. The van der Waals surface area contributed by atoms with Gasteiger partial charge in [-0.15, -0.1) is 12.4 Å². The van der Waals surface area contributed by atoms with Crippen LogP contribution in [0, 0.1) is 17.3 Å². The maximum Gasteiger partial charge on any atom is 0.227 e. The fourth-order valence-corrected chi connectivity index (χ4v) is 3.98. The van der Waals surface area contributed by atoms with Gasteiger partial charge in [0.25, 0.3) is 0 Å². The summed E-state index contributed by atoms with van der Waals surface area (Å²) in [6, 6.07) is 0.375. The lowest BCUT2D eigenvalue weighted by atomic mass is 9.79. The number of halogens is 1. The van der Waals surface area contributed by atoms with Gasteiger partial charge in [0.2, 0.25) is 5.91 Å². The summed E-state index contributed by atoms with van der Waals surface area (Å²) in [7, 11) is 0. The normalized spacial score (nSPS) is 33.5. The summed E-state index contributed by atoms with van der Waals surface area (Å²) in [5, 5.41) is 3.29. The molecule has 0 heterocycles. The highest BCUT2D eigenvalue weighted by molar-refractivity contribution is 5.85. The smallest absolute Gasteiger partial charge is 0.227 e. The number of amides is 1. The van der Waals surface area contributed by atoms with Crippen LogP contribution in [-0.2, 0) is 4.79 Å². The zero-order chi connectivity index (χ0) is 13.2. The molecule has 0 aliphatic heterocycles. The zero-order valence-corrected chi connectivity index (χ0v) is 13.1. The maximum absolute atomic E-state index is 12.5. The molecule has 2 atom stereocenters. The maximum atomic E-state index is 12.5. The highest BCUT2D eigenvalue weighted by Gasteiger charge is 2.41. The summed E-state index contributed by atoms with van der Waals surface area (Å²) in [4.78, 5) is 12.5. The number of hydrogen-bond donors (Lipinski definition) is 2. The lowest BCUT2D eigenvalue weighted by Crippen LogP contribution is -2.49. The van der Waals surface area contributed by atoms with Crippen molar-refractivity contribution in [1.82, 2.24) is 5.32 Å². The van der Waals surface area contributed by atoms with Gasteiger partial charge in [-0.2, -0.15) is 0 Å². The zero-order valence-electron chi connectivity index (χ0n) is 12.3. The third-order valence-corrected chi connectivity index (χ3v) is 4.95. The molecule has 2 rings (SSSR count). The van der Waals surface area contributed by atoms with Crippen molar-refractivity contribution in [3.8, 4) is 0 Å². The van der Waals surface area contributed by atoms with E-state index in [1.807, 2.05) is 0 Å². The number of hydrogen-bond acceptors (Lipinski definition) is 2. The molecule has 0 aromatic carbocycles. The molecular weight excluding hydrogens is 260 g/mol. The summed E-state index contributed by atoms with van der Waals surface area (Å²) >= 11 is 0. The standard InChI is InChI=1S/C15H28N2O.ClH/c1-11-7-12(2)9-13(8-11)17-14(18)15(10-16)5-3-4-6-15;/h11-13H,3-10,16H2,1-2H3,(H,17,18);1H. The van der Waals surface area contributed by atoms with Crippen molar-refractivity contribution in [3.05, 3.63) is 0 Å². The summed E-state index contributed by atoms with van der Waals surface area (Å²) in [6.07, 6.45) is 7.84. The van der Waals surface area contributed by atoms with Crippen molar-refractivity contribution in [1.29, 1.82) is 0 Å². The number of carbonyl (C=O) groups is 1. The number of carbonyl (C=O) groups excluding carboxylic acids is 1. The van der Waals surface area contributed by atoms with Gasteiger partial charge in [0.15, 0.2) is 0 Å². The van der Waals surface area contributed by atoms with Gasteiger partial charge in [-0.25, -0.2) is 0 Å². The summed E-state index contributed by atoms with van der Waals surface area (Å²) in [5.41, 5.74) is 5.62. The molecule has 0 saturated heterocycles. The van der Waals surface area contributed by atoms with Crippen LogP contribution >= 0.6 is 12.4 Å². The van der Waals surface area contributed by atoms with Crippen molar-refractivity contribution in [2.75, 3.05) is 6.54 Å². The fraction of sp³-hybridized carbons (Fsp3) is 0.933. The van der Waals surface area contributed by atoms with E-state index in [-0.39, 0.29) is 23.7 Å². The number of rotatable bonds is 3. The van der Waals surface area contributed by atoms with E-state index < -0.39 is 0 Å². The Labute approximate surface area is 123 Å². The van der Waals surface area contributed by atoms with Crippen molar-refractivity contribution in [2.24, 2.45) is 23.0 Å². The Bertz CT molecular complexity index is 293. The average Bonchev–Trinajstić information content (AvgIpc) is 2.77. The van der Waals surface area contributed by atoms with E-state index in [1.165, 1.54) is 6.42 Å². The number of nitrogens with two attached hydrogens (primary N) is 1. The van der Waals surface area contributed by atoms with Crippen LogP contribution in [0.5, 0.6) is 0 Å². The first-order valence-corrected chi connectivity index (χ1v) is 7.57. The Balaban J connectivity index is 0.00000180. The molecule has 2 fully saturated rings. The molecular formula is C15H29ClN2O. The SMILES string of the molecule is CC1CC(C)CC(NC(=O)C2(CN)CCCC2)C1.Cl. The number of nitrogens with one attached hydrogen (secondary N) is 1. The van der Waals surface area contributed by atoms with Gasteiger partial charge in [0.1, 0.15) is 0 Å². The van der Waals surface area contributed by atoms with Crippen LogP contribution in [-0.4, -0.2) is 18.5 Å². The highest BCUT2D eigenvalue weighted by Crippen LogP contribution is 2.38. The fourth-order valence-electron chi connectivity index (χ4n) is 3.98. The predicted molar refractivity (Wildman–Crippen MR) is 81.3 cm³/mol. The van der Waals surface area contributed by atoms with Gasteiger partial charge in [-0.3, -0.25) is 4.79 Å². The van der Waals surface area contributed by atoms with Crippen LogP contribution in [0.1, 0.15) is 58.8 Å². The molecule has 1 amide bonds. The molecule has 0 aromatic heterocycles. The second-order valence-electron chi connectivity index (χ2n) is 6.78. The van der Waals surface area contributed by atoms with Gasteiger partial charge in [0, 0.05) is 12.6 Å². The lowest BCUT2D eigenvalue weighted by molar-refractivity contribution is -0.131. The molecule has 3 nitrogen and oxygen atoms in total. The van der Waals surface area contributed by atoms with Crippen LogP contribution in [0.15, 0.2) is 0 Å². The molecule has 0 bridgehead atoms. The van der Waals surface area contributed by atoms with E-state index in [0.717, 1.165) is 50.4 Å². The van der Waals surface area contributed by atoms with Gasteiger partial charge < -0.3 is 11.1 Å². The van der Waals surface area contributed by atoms with Crippen LogP contribution in [0.25, 0.3) is 0 Å². The van der Waals surface area contributed by atoms with Crippen molar-refractivity contribution >= 4 is 18.3 Å². The quantitative estimate of drug-likeness (QED) is 0.839. The largest absolute Gasteiger partial charge is 0.353 e. The first-order chi connectivity index (χ1) is 8.55. The molecule has 0 aromatic rings. The minimum absolute atomic E-state index is 0. The Hall–Kier alpha value is -0.280. The monoisotopic (exact) mass is 288 g/mol. The summed E-state index contributed by atoms with van der Waals surface area (Å²) < 4.78 is 0. The van der Waals surface area contributed by atoms with Crippen molar-refractivity contribution < 1.29 is 4.79 Å². The van der Waals surface area contributed by atoms with Gasteiger partial charge in [-0.1, -0.05) is 26.7 Å². The first-order valence-electron chi connectivity index (χ1n) is 7.57. The molecule has 2 aliphatic carbocycles. The Kier molecular flexibility index (Phi) is 6.13. The van der Waals surface area contributed by atoms with E-state index in [9.17, 15) is 4.79 Å². The molecule has 3 N–H and O–H groups in total. The van der Waals surface area contributed by atoms with E-state index in [2.05, 4.69) is 19.2 Å². The molecule has 19 heavy (non-hydrogen) atoms. The average molecular weight is 289 g/mol.